The average Bonchev–Trinajstić information content (AvgIpc) is 3.10. The van der Waals surface area contributed by atoms with Gasteiger partial charge in [-0.05, 0) is 17.7 Å². The predicted octanol–water partition coefficient (Wildman–Crippen LogP) is 2.81. The van der Waals surface area contributed by atoms with Gasteiger partial charge >= 0.3 is 0 Å². The first-order chi connectivity index (χ1) is 12.2. The van der Waals surface area contributed by atoms with Gasteiger partial charge in [-0.15, -0.1) is 24.0 Å². The largest absolute Gasteiger partial charge is 0.454 e. The van der Waals surface area contributed by atoms with Crippen molar-refractivity contribution in [3.63, 3.8) is 0 Å². The van der Waals surface area contributed by atoms with E-state index in [2.05, 4.69) is 15.6 Å². The highest BCUT2D eigenvalue weighted by Gasteiger charge is 2.14. The molecule has 8 nitrogen and oxygen atoms in total. The molecule has 0 atom stereocenters. The van der Waals surface area contributed by atoms with E-state index < -0.39 is 0 Å². The third kappa shape index (κ3) is 4.75. The van der Waals surface area contributed by atoms with Crippen LogP contribution >= 0.6 is 24.0 Å². The van der Waals surface area contributed by atoms with Crippen LogP contribution in [-0.2, 0) is 13.1 Å². The highest BCUT2D eigenvalue weighted by Crippen LogP contribution is 2.32. The van der Waals surface area contributed by atoms with Crippen molar-refractivity contribution in [2.24, 2.45) is 4.99 Å². The second-order valence-corrected chi connectivity index (χ2v) is 5.35. The number of rotatable bonds is 5. The van der Waals surface area contributed by atoms with E-state index in [-0.39, 0.29) is 41.4 Å². The van der Waals surface area contributed by atoms with Crippen LogP contribution in [0.4, 0.5) is 5.69 Å². The number of aliphatic imine (C=N–C) groups is 1. The van der Waals surface area contributed by atoms with E-state index in [9.17, 15) is 10.1 Å². The molecule has 0 spiro atoms. The molecule has 2 N–H and O–H groups in total. The minimum atomic E-state index is -0.389. The zero-order valence-electron chi connectivity index (χ0n) is 14.1. The number of nitro groups is 1. The molecule has 138 valence electrons. The fourth-order valence-electron chi connectivity index (χ4n) is 2.47. The summed E-state index contributed by atoms with van der Waals surface area (Å²) < 4.78 is 10.6. The lowest BCUT2D eigenvalue weighted by Crippen LogP contribution is -2.36. The minimum absolute atomic E-state index is 0. The summed E-state index contributed by atoms with van der Waals surface area (Å²) in [4.78, 5) is 14.8. The molecule has 1 aliphatic heterocycles. The van der Waals surface area contributed by atoms with E-state index in [1.165, 1.54) is 6.07 Å². The maximum atomic E-state index is 11.0. The molecule has 2 aromatic rings. The Morgan fingerprint density at radius 1 is 1.15 bits per heavy atom. The molecule has 0 bridgehead atoms. The Balaban J connectivity index is 0.00000243. The van der Waals surface area contributed by atoms with Gasteiger partial charge in [0.1, 0.15) is 0 Å². The molecule has 0 radical (unpaired) electrons. The van der Waals surface area contributed by atoms with Gasteiger partial charge in [0.2, 0.25) is 6.79 Å². The number of para-hydroxylation sites is 1. The topological polar surface area (TPSA) is 98.0 Å². The molecule has 0 amide bonds. The van der Waals surface area contributed by atoms with Crippen LogP contribution in [0.3, 0.4) is 0 Å². The average molecular weight is 470 g/mol. The van der Waals surface area contributed by atoms with Crippen LogP contribution in [0.2, 0.25) is 0 Å². The molecule has 9 heteroatoms. The number of fused-ring (bicyclic) bond motifs is 1. The molecular formula is C17H19IN4O4. The van der Waals surface area contributed by atoms with E-state index in [1.54, 1.807) is 25.2 Å². The Hall–Kier alpha value is -2.56. The second-order valence-electron chi connectivity index (χ2n) is 5.35. The van der Waals surface area contributed by atoms with Gasteiger partial charge in [-0.25, -0.2) is 0 Å². The number of halogens is 1. The summed E-state index contributed by atoms with van der Waals surface area (Å²) >= 11 is 0. The van der Waals surface area contributed by atoms with E-state index in [0.717, 1.165) is 17.1 Å². The molecule has 1 heterocycles. The third-order valence-electron chi connectivity index (χ3n) is 3.76. The summed E-state index contributed by atoms with van der Waals surface area (Å²) in [5.74, 6) is 2.01. The molecule has 0 saturated carbocycles. The van der Waals surface area contributed by atoms with E-state index in [0.29, 0.717) is 24.6 Å². The van der Waals surface area contributed by atoms with Crippen molar-refractivity contribution in [2.75, 3.05) is 13.8 Å². The SMILES string of the molecule is CN=C(NCc1ccc2c(c1)OCO2)NCc1ccccc1[N+](=O)[O-].I. The maximum absolute atomic E-state index is 11.0. The van der Waals surface area contributed by atoms with Gasteiger partial charge in [-0.2, -0.15) is 0 Å². The van der Waals surface area contributed by atoms with E-state index in [4.69, 9.17) is 9.47 Å². The lowest BCUT2D eigenvalue weighted by molar-refractivity contribution is -0.385. The minimum Gasteiger partial charge on any atom is -0.454 e. The number of ether oxygens (including phenoxy) is 2. The van der Waals surface area contributed by atoms with Crippen molar-refractivity contribution < 1.29 is 14.4 Å². The molecule has 0 unspecified atom stereocenters. The van der Waals surface area contributed by atoms with Gasteiger partial charge in [0.25, 0.3) is 5.69 Å². The fraction of sp³-hybridized carbons (Fsp3) is 0.235. The Morgan fingerprint density at radius 2 is 1.88 bits per heavy atom. The van der Waals surface area contributed by atoms with Crippen molar-refractivity contribution in [3.05, 3.63) is 63.7 Å². The zero-order valence-corrected chi connectivity index (χ0v) is 16.4. The van der Waals surface area contributed by atoms with E-state index >= 15 is 0 Å². The summed E-state index contributed by atoms with van der Waals surface area (Å²) in [5.41, 5.74) is 1.69. The Kier molecular flexibility index (Phi) is 7.01. The summed E-state index contributed by atoms with van der Waals surface area (Å²) in [6.45, 7) is 1.08. The summed E-state index contributed by atoms with van der Waals surface area (Å²) in [6.07, 6.45) is 0. The quantitative estimate of drug-likeness (QED) is 0.229. The first-order valence-corrected chi connectivity index (χ1v) is 7.72. The van der Waals surface area contributed by atoms with Crippen LogP contribution in [0.5, 0.6) is 11.5 Å². The maximum Gasteiger partial charge on any atom is 0.274 e. The number of hydrogen-bond acceptors (Lipinski definition) is 5. The Morgan fingerprint density at radius 3 is 2.65 bits per heavy atom. The third-order valence-corrected chi connectivity index (χ3v) is 3.76. The molecule has 26 heavy (non-hydrogen) atoms. The highest BCUT2D eigenvalue weighted by molar-refractivity contribution is 14.0. The van der Waals surface area contributed by atoms with Crippen molar-refractivity contribution >= 4 is 35.6 Å². The molecule has 0 aromatic heterocycles. The second kappa shape index (κ2) is 9.22. The molecule has 3 rings (SSSR count). The predicted molar refractivity (Wildman–Crippen MR) is 108 cm³/mol. The van der Waals surface area contributed by atoms with Crippen LogP contribution in [0.1, 0.15) is 11.1 Å². The standard InChI is InChI=1S/C17H18N4O4.HI/c1-18-17(20-10-13-4-2-3-5-14(13)21(22)23)19-9-12-6-7-15-16(8-12)25-11-24-15;/h2-8H,9-11H2,1H3,(H2,18,19,20);1H. The zero-order chi connectivity index (χ0) is 17.6. The first kappa shape index (κ1) is 19.8. The van der Waals surface area contributed by atoms with Gasteiger partial charge in [0.15, 0.2) is 17.5 Å². The molecule has 0 aliphatic carbocycles. The van der Waals surface area contributed by atoms with Crippen LogP contribution in [0.25, 0.3) is 0 Å². The summed E-state index contributed by atoms with van der Waals surface area (Å²) in [5, 5.41) is 17.3. The van der Waals surface area contributed by atoms with Crippen LogP contribution in [0.15, 0.2) is 47.5 Å². The molecule has 0 fully saturated rings. The van der Waals surface area contributed by atoms with Crippen LogP contribution in [-0.4, -0.2) is 24.7 Å². The fourth-order valence-corrected chi connectivity index (χ4v) is 2.47. The lowest BCUT2D eigenvalue weighted by atomic mass is 10.2. The van der Waals surface area contributed by atoms with Crippen molar-refractivity contribution in [3.8, 4) is 11.5 Å². The highest BCUT2D eigenvalue weighted by atomic mass is 127. The van der Waals surface area contributed by atoms with Crippen molar-refractivity contribution in [1.29, 1.82) is 0 Å². The molecular weight excluding hydrogens is 451 g/mol. The van der Waals surface area contributed by atoms with Gasteiger partial charge in [-0.3, -0.25) is 15.1 Å². The summed E-state index contributed by atoms with van der Waals surface area (Å²) in [6, 6.07) is 12.3. The van der Waals surface area contributed by atoms with Gasteiger partial charge in [-0.1, -0.05) is 24.3 Å². The van der Waals surface area contributed by atoms with Gasteiger partial charge in [0, 0.05) is 31.8 Å². The Bertz CT molecular complexity index is 813. The smallest absolute Gasteiger partial charge is 0.274 e. The number of benzene rings is 2. The molecule has 2 aromatic carbocycles. The number of nitrogens with zero attached hydrogens (tertiary/aromatic N) is 2. The number of nitrogens with one attached hydrogen (secondary N) is 2. The summed E-state index contributed by atoms with van der Waals surface area (Å²) in [7, 11) is 1.65. The molecule has 0 saturated heterocycles. The first-order valence-electron chi connectivity index (χ1n) is 7.72. The normalized spacial score (nSPS) is 12.3. The van der Waals surface area contributed by atoms with Crippen LogP contribution in [0, 0.1) is 10.1 Å². The van der Waals surface area contributed by atoms with Crippen LogP contribution < -0.4 is 20.1 Å². The Labute approximate surface area is 167 Å². The number of hydrogen-bond donors (Lipinski definition) is 2. The lowest BCUT2D eigenvalue weighted by Gasteiger charge is -2.12. The van der Waals surface area contributed by atoms with E-state index in [1.807, 2.05) is 18.2 Å². The number of nitro benzene ring substituents is 1. The monoisotopic (exact) mass is 470 g/mol. The van der Waals surface area contributed by atoms with Gasteiger partial charge in [0.05, 0.1) is 4.92 Å². The van der Waals surface area contributed by atoms with Crippen molar-refractivity contribution in [2.45, 2.75) is 13.1 Å². The van der Waals surface area contributed by atoms with Gasteiger partial charge < -0.3 is 20.1 Å². The molecule has 1 aliphatic rings. The van der Waals surface area contributed by atoms with Crippen molar-refractivity contribution in [1.82, 2.24) is 10.6 Å². The number of guanidine groups is 1.